The van der Waals surface area contributed by atoms with Crippen LogP contribution in [-0.2, 0) is 22.6 Å². The normalized spacial score (nSPS) is 14.2. The van der Waals surface area contributed by atoms with Crippen LogP contribution in [0.25, 0.3) is 6.08 Å². The third kappa shape index (κ3) is 5.98. The summed E-state index contributed by atoms with van der Waals surface area (Å²) < 4.78 is 19.7. The van der Waals surface area contributed by atoms with Crippen molar-refractivity contribution in [1.82, 2.24) is 10.2 Å². The molecular weight excluding hydrogens is 529 g/mol. The third-order valence-electron chi connectivity index (χ3n) is 5.49. The minimum Gasteiger partial charge on any atom is -0.488 e. The van der Waals surface area contributed by atoms with Crippen LogP contribution in [0.3, 0.4) is 0 Å². The second-order valence-electron chi connectivity index (χ2n) is 8.05. The fourth-order valence-electron chi connectivity index (χ4n) is 3.68. The first-order valence-electron chi connectivity index (χ1n) is 11.2. The smallest absolute Gasteiger partial charge is 0.329 e. The van der Waals surface area contributed by atoms with E-state index >= 15 is 0 Å². The van der Waals surface area contributed by atoms with Crippen LogP contribution in [0.2, 0.25) is 0 Å². The van der Waals surface area contributed by atoms with Gasteiger partial charge in [0.25, 0.3) is 5.91 Å². The van der Waals surface area contributed by atoms with Crippen molar-refractivity contribution in [3.8, 4) is 5.75 Å². The van der Waals surface area contributed by atoms with E-state index in [0.717, 1.165) is 16.9 Å². The van der Waals surface area contributed by atoms with Crippen LogP contribution in [0.15, 0.2) is 76.9 Å². The number of hydrogen-bond donors (Lipinski definition) is 2. The number of aryl methyl sites for hydroxylation is 1. The lowest BCUT2D eigenvalue weighted by atomic mass is 10.1. The van der Waals surface area contributed by atoms with Gasteiger partial charge in [-0.05, 0) is 75.4 Å². The van der Waals surface area contributed by atoms with Crippen molar-refractivity contribution in [2.24, 2.45) is 0 Å². The van der Waals surface area contributed by atoms with E-state index in [1.165, 1.54) is 18.2 Å². The minimum atomic E-state index is -0.667. The molecule has 4 amide bonds. The van der Waals surface area contributed by atoms with Crippen LogP contribution >= 0.6 is 15.9 Å². The molecule has 0 spiro atoms. The lowest BCUT2D eigenvalue weighted by Gasteiger charge is -2.13. The number of carbonyl (C=O) groups is 3. The highest BCUT2D eigenvalue weighted by atomic mass is 79.9. The lowest BCUT2D eigenvalue weighted by molar-refractivity contribution is -0.127. The number of halogens is 2. The van der Waals surface area contributed by atoms with Gasteiger partial charge in [-0.1, -0.05) is 43.3 Å². The summed E-state index contributed by atoms with van der Waals surface area (Å²) >= 11 is 3.44. The molecule has 0 aromatic heterocycles. The summed E-state index contributed by atoms with van der Waals surface area (Å²) in [4.78, 5) is 38.6. The second kappa shape index (κ2) is 11.2. The van der Waals surface area contributed by atoms with Crippen molar-refractivity contribution < 1.29 is 23.5 Å². The fraction of sp³-hybridized carbons (Fsp3) is 0.148. The zero-order valence-electron chi connectivity index (χ0n) is 19.4. The number of urea groups is 1. The number of para-hydroxylation sites is 1. The van der Waals surface area contributed by atoms with E-state index in [1.807, 2.05) is 19.1 Å². The van der Waals surface area contributed by atoms with Crippen molar-refractivity contribution in [3.05, 3.63) is 99.4 Å². The number of anilines is 1. The van der Waals surface area contributed by atoms with Crippen LogP contribution < -0.4 is 15.4 Å². The van der Waals surface area contributed by atoms with Crippen molar-refractivity contribution in [3.63, 3.8) is 0 Å². The van der Waals surface area contributed by atoms with Gasteiger partial charge in [0.2, 0.25) is 5.91 Å². The van der Waals surface area contributed by atoms with Crippen molar-refractivity contribution in [2.45, 2.75) is 20.0 Å². The number of amides is 4. The van der Waals surface area contributed by atoms with Gasteiger partial charge in [-0.25, -0.2) is 14.1 Å². The van der Waals surface area contributed by atoms with Gasteiger partial charge >= 0.3 is 6.03 Å². The first-order chi connectivity index (χ1) is 17.3. The van der Waals surface area contributed by atoms with Crippen molar-refractivity contribution in [2.75, 3.05) is 11.9 Å². The molecule has 0 atom stereocenters. The molecule has 4 rings (SSSR count). The Balaban J connectivity index is 1.40. The molecule has 3 aromatic carbocycles. The molecule has 1 saturated heterocycles. The molecule has 2 N–H and O–H groups in total. The van der Waals surface area contributed by atoms with Crippen LogP contribution in [0.5, 0.6) is 5.75 Å². The summed E-state index contributed by atoms with van der Waals surface area (Å²) in [6.07, 6.45) is 2.25. The largest absolute Gasteiger partial charge is 0.488 e. The first kappa shape index (κ1) is 25.1. The summed E-state index contributed by atoms with van der Waals surface area (Å²) in [5.41, 5.74) is 2.98. The second-order valence-corrected chi connectivity index (χ2v) is 8.90. The monoisotopic (exact) mass is 551 g/mol. The average Bonchev–Trinajstić information content (AvgIpc) is 3.11. The molecule has 36 heavy (non-hydrogen) atoms. The van der Waals surface area contributed by atoms with E-state index < -0.39 is 24.4 Å². The SMILES string of the molecule is CCc1ccccc1NC(=O)CN1C(=O)N/C(=C/c2ccc(OCc3cccc(F)c3)c(Br)c2)C1=O. The van der Waals surface area contributed by atoms with Gasteiger partial charge in [0.15, 0.2) is 0 Å². The molecular formula is C27H23BrFN3O4. The zero-order valence-corrected chi connectivity index (χ0v) is 21.0. The predicted molar refractivity (Wildman–Crippen MR) is 138 cm³/mol. The van der Waals surface area contributed by atoms with Crippen LogP contribution in [0, 0.1) is 5.82 Å². The summed E-state index contributed by atoms with van der Waals surface area (Å²) in [5, 5.41) is 5.28. The maximum Gasteiger partial charge on any atom is 0.329 e. The summed E-state index contributed by atoms with van der Waals surface area (Å²) in [7, 11) is 0. The topological polar surface area (TPSA) is 87.7 Å². The molecule has 0 saturated carbocycles. The number of hydrogen-bond acceptors (Lipinski definition) is 4. The Kier molecular flexibility index (Phi) is 7.80. The molecule has 0 bridgehead atoms. The van der Waals surface area contributed by atoms with E-state index in [0.29, 0.717) is 27.0 Å². The lowest BCUT2D eigenvalue weighted by Crippen LogP contribution is -2.38. The highest BCUT2D eigenvalue weighted by Gasteiger charge is 2.35. The van der Waals surface area contributed by atoms with Gasteiger partial charge in [-0.3, -0.25) is 9.59 Å². The Morgan fingerprint density at radius 3 is 2.67 bits per heavy atom. The van der Waals surface area contributed by atoms with Gasteiger partial charge in [-0.15, -0.1) is 0 Å². The molecule has 1 fully saturated rings. The molecule has 1 heterocycles. The Hall–Kier alpha value is -3.98. The van der Waals surface area contributed by atoms with E-state index in [4.69, 9.17) is 4.74 Å². The summed E-state index contributed by atoms with van der Waals surface area (Å²) in [6, 6.07) is 18.0. The molecule has 3 aromatic rings. The quantitative estimate of drug-likeness (QED) is 0.295. The standard InChI is InChI=1S/C27H23BrFN3O4/c1-2-19-7-3-4-9-22(19)30-25(33)15-32-26(34)23(31-27(32)35)14-17-10-11-24(21(28)13-17)36-16-18-6-5-8-20(29)12-18/h3-14H,2,15-16H2,1H3,(H,30,33)(H,31,35)/b23-14+. The van der Waals surface area contributed by atoms with Gasteiger partial charge in [0.1, 0.15) is 30.4 Å². The Bertz CT molecular complexity index is 1360. The van der Waals surface area contributed by atoms with Crippen LogP contribution in [0.1, 0.15) is 23.6 Å². The number of rotatable bonds is 8. The van der Waals surface area contributed by atoms with Crippen molar-refractivity contribution in [1.29, 1.82) is 0 Å². The predicted octanol–water partition coefficient (Wildman–Crippen LogP) is 5.26. The number of imide groups is 1. The Morgan fingerprint density at radius 2 is 1.92 bits per heavy atom. The third-order valence-corrected chi connectivity index (χ3v) is 6.11. The van der Waals surface area contributed by atoms with Crippen molar-refractivity contribution >= 4 is 45.5 Å². The Labute approximate surface area is 216 Å². The minimum absolute atomic E-state index is 0.0575. The van der Waals surface area contributed by atoms with Crippen LogP contribution in [0.4, 0.5) is 14.9 Å². The first-order valence-corrected chi connectivity index (χ1v) is 12.0. The number of nitrogens with one attached hydrogen (secondary N) is 2. The van der Waals surface area contributed by atoms with E-state index in [9.17, 15) is 18.8 Å². The maximum atomic E-state index is 13.4. The molecule has 1 aliphatic heterocycles. The Morgan fingerprint density at radius 1 is 1.11 bits per heavy atom. The van der Waals surface area contributed by atoms with Gasteiger partial charge < -0.3 is 15.4 Å². The van der Waals surface area contributed by atoms with E-state index in [1.54, 1.807) is 42.5 Å². The van der Waals surface area contributed by atoms with Gasteiger partial charge in [-0.2, -0.15) is 0 Å². The molecule has 184 valence electrons. The summed E-state index contributed by atoms with van der Waals surface area (Å²) in [5.74, 6) is -0.865. The van der Waals surface area contributed by atoms with E-state index in [2.05, 4.69) is 26.6 Å². The number of ether oxygens (including phenoxy) is 1. The summed E-state index contributed by atoms with van der Waals surface area (Å²) in [6.45, 7) is 1.75. The van der Waals surface area contributed by atoms with Gasteiger partial charge in [0.05, 0.1) is 4.47 Å². The maximum absolute atomic E-state index is 13.4. The molecule has 0 unspecified atom stereocenters. The highest BCUT2D eigenvalue weighted by Crippen LogP contribution is 2.28. The fourth-order valence-corrected chi connectivity index (χ4v) is 4.19. The molecule has 0 radical (unpaired) electrons. The number of carbonyl (C=O) groups excluding carboxylic acids is 3. The zero-order chi connectivity index (χ0) is 25.7. The average molecular weight is 552 g/mol. The van der Waals surface area contributed by atoms with Crippen LogP contribution in [-0.4, -0.2) is 29.3 Å². The molecule has 1 aliphatic rings. The van der Waals surface area contributed by atoms with E-state index in [-0.39, 0.29) is 18.1 Å². The molecule has 7 nitrogen and oxygen atoms in total. The number of benzene rings is 3. The molecule has 9 heteroatoms. The molecule has 0 aliphatic carbocycles. The number of nitrogens with zero attached hydrogens (tertiary/aromatic N) is 1. The highest BCUT2D eigenvalue weighted by molar-refractivity contribution is 9.10. The van der Waals surface area contributed by atoms with Gasteiger partial charge in [0, 0.05) is 5.69 Å².